The standard InChI is InChI=1S/C15H13NO3S/c16-14(17)11-6-2-1-5-10(11)9-20-13-8-4-3-7-12(13)15(18)19/h1-8H,9H2,(H2,16,17)(H,18,19). The minimum absolute atomic E-state index is 0.258. The van der Waals surface area contributed by atoms with E-state index in [4.69, 9.17) is 10.8 Å². The molecular formula is C15H13NO3S. The van der Waals surface area contributed by atoms with Crippen molar-refractivity contribution in [3.63, 3.8) is 0 Å². The number of amides is 1. The molecule has 0 saturated carbocycles. The summed E-state index contributed by atoms with van der Waals surface area (Å²) in [5.41, 5.74) is 6.84. The summed E-state index contributed by atoms with van der Waals surface area (Å²) in [7, 11) is 0. The van der Waals surface area contributed by atoms with Crippen LogP contribution >= 0.6 is 11.8 Å². The predicted molar refractivity (Wildman–Crippen MR) is 77.9 cm³/mol. The van der Waals surface area contributed by atoms with E-state index in [0.29, 0.717) is 16.2 Å². The van der Waals surface area contributed by atoms with E-state index in [1.54, 1.807) is 36.4 Å². The van der Waals surface area contributed by atoms with Gasteiger partial charge in [-0.15, -0.1) is 11.8 Å². The molecule has 0 aliphatic rings. The molecule has 0 unspecified atom stereocenters. The normalized spacial score (nSPS) is 10.2. The highest BCUT2D eigenvalue weighted by Gasteiger charge is 2.11. The summed E-state index contributed by atoms with van der Waals surface area (Å²) >= 11 is 1.37. The zero-order chi connectivity index (χ0) is 14.5. The van der Waals surface area contributed by atoms with Crippen LogP contribution < -0.4 is 5.73 Å². The average molecular weight is 287 g/mol. The summed E-state index contributed by atoms with van der Waals surface area (Å²) in [6.45, 7) is 0. The van der Waals surface area contributed by atoms with E-state index in [-0.39, 0.29) is 5.56 Å². The van der Waals surface area contributed by atoms with Crippen LogP contribution in [0.4, 0.5) is 0 Å². The zero-order valence-corrected chi connectivity index (χ0v) is 11.4. The monoisotopic (exact) mass is 287 g/mol. The molecule has 0 bridgehead atoms. The minimum atomic E-state index is -0.962. The fourth-order valence-corrected chi connectivity index (χ4v) is 2.86. The van der Waals surface area contributed by atoms with Crippen molar-refractivity contribution in [2.24, 2.45) is 5.73 Å². The fourth-order valence-electron chi connectivity index (χ4n) is 1.81. The first-order valence-corrected chi connectivity index (χ1v) is 6.91. The van der Waals surface area contributed by atoms with Crippen molar-refractivity contribution < 1.29 is 14.7 Å². The van der Waals surface area contributed by atoms with Gasteiger partial charge in [-0.25, -0.2) is 4.79 Å². The molecule has 20 heavy (non-hydrogen) atoms. The molecule has 0 fully saturated rings. The van der Waals surface area contributed by atoms with Gasteiger partial charge < -0.3 is 10.8 Å². The van der Waals surface area contributed by atoms with Crippen LogP contribution in [0.2, 0.25) is 0 Å². The van der Waals surface area contributed by atoms with Gasteiger partial charge in [0.15, 0.2) is 0 Å². The van der Waals surface area contributed by atoms with Gasteiger partial charge in [-0.3, -0.25) is 4.79 Å². The molecule has 1 amide bonds. The highest BCUT2D eigenvalue weighted by Crippen LogP contribution is 2.27. The van der Waals surface area contributed by atoms with Gasteiger partial charge in [0, 0.05) is 16.2 Å². The molecule has 4 nitrogen and oxygen atoms in total. The van der Waals surface area contributed by atoms with E-state index < -0.39 is 11.9 Å². The number of carbonyl (C=O) groups excluding carboxylic acids is 1. The van der Waals surface area contributed by atoms with Gasteiger partial charge in [0.1, 0.15) is 0 Å². The summed E-state index contributed by atoms with van der Waals surface area (Å²) < 4.78 is 0. The van der Waals surface area contributed by atoms with Crippen LogP contribution in [-0.2, 0) is 5.75 Å². The lowest BCUT2D eigenvalue weighted by Crippen LogP contribution is -2.13. The third-order valence-corrected chi connectivity index (χ3v) is 3.91. The lowest BCUT2D eigenvalue weighted by atomic mass is 10.1. The largest absolute Gasteiger partial charge is 0.478 e. The quantitative estimate of drug-likeness (QED) is 0.829. The lowest BCUT2D eigenvalue weighted by Gasteiger charge is -2.08. The van der Waals surface area contributed by atoms with Gasteiger partial charge in [0.25, 0.3) is 0 Å². The molecule has 2 rings (SSSR count). The van der Waals surface area contributed by atoms with E-state index >= 15 is 0 Å². The van der Waals surface area contributed by atoms with Crippen molar-refractivity contribution in [1.82, 2.24) is 0 Å². The third-order valence-electron chi connectivity index (χ3n) is 2.78. The number of hydrogen-bond acceptors (Lipinski definition) is 3. The van der Waals surface area contributed by atoms with Crippen molar-refractivity contribution in [2.45, 2.75) is 10.6 Å². The Kier molecular flexibility index (Phi) is 4.42. The van der Waals surface area contributed by atoms with Crippen molar-refractivity contribution in [1.29, 1.82) is 0 Å². The molecule has 5 heteroatoms. The Balaban J connectivity index is 2.22. The molecule has 0 spiro atoms. The number of primary amides is 1. The Morgan fingerprint density at radius 2 is 1.60 bits per heavy atom. The molecule has 0 heterocycles. The van der Waals surface area contributed by atoms with E-state index in [2.05, 4.69) is 0 Å². The number of thioether (sulfide) groups is 1. The molecule has 2 aromatic carbocycles. The molecule has 0 radical (unpaired) electrons. The second-order valence-electron chi connectivity index (χ2n) is 4.11. The predicted octanol–water partition coefficient (Wildman–Crippen LogP) is 2.78. The van der Waals surface area contributed by atoms with E-state index in [1.807, 2.05) is 12.1 Å². The molecule has 3 N–H and O–H groups in total. The first kappa shape index (κ1) is 14.1. The smallest absolute Gasteiger partial charge is 0.336 e. The molecule has 0 aliphatic heterocycles. The van der Waals surface area contributed by atoms with Crippen LogP contribution in [0.5, 0.6) is 0 Å². The fraction of sp³-hybridized carbons (Fsp3) is 0.0667. The van der Waals surface area contributed by atoms with Crippen LogP contribution in [0.3, 0.4) is 0 Å². The summed E-state index contributed by atoms with van der Waals surface area (Å²) in [5.74, 6) is -0.951. The van der Waals surface area contributed by atoms with Crippen LogP contribution in [0.1, 0.15) is 26.3 Å². The minimum Gasteiger partial charge on any atom is -0.478 e. The molecule has 0 aromatic heterocycles. The average Bonchev–Trinajstić information content (AvgIpc) is 2.45. The van der Waals surface area contributed by atoms with Gasteiger partial charge in [-0.1, -0.05) is 30.3 Å². The Morgan fingerprint density at radius 3 is 2.25 bits per heavy atom. The first-order chi connectivity index (χ1) is 9.59. The van der Waals surface area contributed by atoms with Gasteiger partial charge >= 0.3 is 5.97 Å². The van der Waals surface area contributed by atoms with Crippen molar-refractivity contribution in [2.75, 3.05) is 0 Å². The van der Waals surface area contributed by atoms with Crippen LogP contribution in [0, 0.1) is 0 Å². The van der Waals surface area contributed by atoms with Crippen molar-refractivity contribution in [3.05, 3.63) is 65.2 Å². The Morgan fingerprint density at radius 1 is 1.00 bits per heavy atom. The maximum Gasteiger partial charge on any atom is 0.336 e. The third kappa shape index (κ3) is 3.19. The second-order valence-corrected chi connectivity index (χ2v) is 5.13. The number of carboxylic acid groups (broad SMARTS) is 1. The molecule has 2 aromatic rings. The summed E-state index contributed by atoms with van der Waals surface area (Å²) in [4.78, 5) is 23.1. The van der Waals surface area contributed by atoms with Crippen LogP contribution in [0.25, 0.3) is 0 Å². The van der Waals surface area contributed by atoms with Crippen LogP contribution in [-0.4, -0.2) is 17.0 Å². The summed E-state index contributed by atoms with van der Waals surface area (Å²) in [6.07, 6.45) is 0. The SMILES string of the molecule is NC(=O)c1ccccc1CSc1ccccc1C(=O)O. The van der Waals surface area contributed by atoms with Crippen molar-refractivity contribution in [3.8, 4) is 0 Å². The molecule has 0 aliphatic carbocycles. The number of rotatable bonds is 5. The Labute approximate surface area is 120 Å². The van der Waals surface area contributed by atoms with Gasteiger partial charge in [-0.05, 0) is 23.8 Å². The summed E-state index contributed by atoms with van der Waals surface area (Å²) in [6, 6.07) is 13.8. The maximum atomic E-state index is 11.3. The zero-order valence-electron chi connectivity index (χ0n) is 10.6. The lowest BCUT2D eigenvalue weighted by molar-refractivity contribution is 0.0693. The molecule has 0 atom stereocenters. The number of carbonyl (C=O) groups is 2. The van der Waals surface area contributed by atoms with Crippen LogP contribution in [0.15, 0.2) is 53.4 Å². The summed E-state index contributed by atoms with van der Waals surface area (Å²) in [5, 5.41) is 9.12. The number of nitrogens with two attached hydrogens (primary N) is 1. The first-order valence-electron chi connectivity index (χ1n) is 5.92. The Bertz CT molecular complexity index is 598. The van der Waals surface area contributed by atoms with E-state index in [0.717, 1.165) is 5.56 Å². The highest BCUT2D eigenvalue weighted by atomic mass is 32.2. The molecule has 102 valence electrons. The molecular weight excluding hydrogens is 274 g/mol. The second kappa shape index (κ2) is 6.25. The highest BCUT2D eigenvalue weighted by molar-refractivity contribution is 7.98. The van der Waals surface area contributed by atoms with Gasteiger partial charge in [0.05, 0.1) is 5.56 Å². The van der Waals surface area contributed by atoms with Crippen molar-refractivity contribution >= 4 is 23.6 Å². The number of benzene rings is 2. The van der Waals surface area contributed by atoms with Gasteiger partial charge in [-0.2, -0.15) is 0 Å². The molecule has 0 saturated heterocycles. The Hall–Kier alpha value is -2.27. The van der Waals surface area contributed by atoms with E-state index in [9.17, 15) is 9.59 Å². The number of carboxylic acids is 1. The topological polar surface area (TPSA) is 80.4 Å². The van der Waals surface area contributed by atoms with Gasteiger partial charge in [0.2, 0.25) is 5.91 Å². The maximum absolute atomic E-state index is 11.3. The van der Waals surface area contributed by atoms with E-state index in [1.165, 1.54) is 11.8 Å². The number of hydrogen-bond donors (Lipinski definition) is 2. The number of aromatic carboxylic acids is 1.